The Morgan fingerprint density at radius 1 is 1.47 bits per heavy atom. The highest BCUT2D eigenvalue weighted by atomic mass is 35.5. The van der Waals surface area contributed by atoms with Gasteiger partial charge in [-0.15, -0.1) is 0 Å². The minimum absolute atomic E-state index is 0.0469. The van der Waals surface area contributed by atoms with Crippen LogP contribution < -0.4 is 10.6 Å². The van der Waals surface area contributed by atoms with Crippen molar-refractivity contribution in [1.29, 1.82) is 0 Å². The first-order chi connectivity index (χ1) is 9.16. The van der Waals surface area contributed by atoms with E-state index in [1.54, 1.807) is 6.07 Å². The molecular formula is C13H19ClN4O. The van der Waals surface area contributed by atoms with Crippen LogP contribution >= 0.6 is 11.6 Å². The second-order valence-corrected chi connectivity index (χ2v) is 5.35. The molecule has 1 fully saturated rings. The summed E-state index contributed by atoms with van der Waals surface area (Å²) in [6, 6.07) is 1.57. The number of amides is 1. The predicted molar refractivity (Wildman–Crippen MR) is 75.1 cm³/mol. The number of nitrogens with zero attached hydrogens (tertiary/aromatic N) is 2. The van der Waals surface area contributed by atoms with Crippen LogP contribution in [0.25, 0.3) is 0 Å². The predicted octanol–water partition coefficient (Wildman–Crippen LogP) is 2.24. The number of anilines is 1. The van der Waals surface area contributed by atoms with Crippen LogP contribution in [-0.2, 0) is 4.79 Å². The van der Waals surface area contributed by atoms with Gasteiger partial charge in [0.25, 0.3) is 0 Å². The maximum atomic E-state index is 12.5. The molecule has 2 heterocycles. The normalized spacial score (nSPS) is 18.0. The number of halogens is 1. The molecule has 0 atom stereocenters. The zero-order valence-corrected chi connectivity index (χ0v) is 11.8. The summed E-state index contributed by atoms with van der Waals surface area (Å²) in [4.78, 5) is 20.4. The molecule has 0 aliphatic carbocycles. The van der Waals surface area contributed by atoms with Crippen molar-refractivity contribution in [2.45, 2.75) is 32.6 Å². The van der Waals surface area contributed by atoms with E-state index in [9.17, 15) is 4.79 Å². The van der Waals surface area contributed by atoms with Crippen LogP contribution in [0.15, 0.2) is 12.4 Å². The lowest BCUT2D eigenvalue weighted by Gasteiger charge is -2.35. The SMILES string of the molecule is CCCC1(C(=O)Nc2cc(Cl)ncn2)CCNCC1. The van der Waals surface area contributed by atoms with Crippen LogP contribution in [0.5, 0.6) is 0 Å². The third-order valence-corrected chi connectivity index (χ3v) is 3.85. The van der Waals surface area contributed by atoms with Crippen LogP contribution in [0.1, 0.15) is 32.6 Å². The third kappa shape index (κ3) is 3.42. The molecule has 0 spiro atoms. The number of carbonyl (C=O) groups is 1. The number of hydrogen-bond donors (Lipinski definition) is 2. The molecule has 2 rings (SSSR count). The van der Waals surface area contributed by atoms with Gasteiger partial charge in [0.15, 0.2) is 0 Å². The number of rotatable bonds is 4. The number of carbonyl (C=O) groups excluding carboxylic acids is 1. The van der Waals surface area contributed by atoms with Crippen LogP contribution in [0.2, 0.25) is 5.15 Å². The van der Waals surface area contributed by atoms with Gasteiger partial charge >= 0.3 is 0 Å². The molecule has 1 aromatic heterocycles. The fourth-order valence-electron chi connectivity index (χ4n) is 2.63. The molecule has 0 bridgehead atoms. The Balaban J connectivity index is 2.11. The Morgan fingerprint density at radius 2 is 2.21 bits per heavy atom. The third-order valence-electron chi connectivity index (χ3n) is 3.65. The Morgan fingerprint density at radius 3 is 2.84 bits per heavy atom. The van der Waals surface area contributed by atoms with Crippen LogP contribution in [0, 0.1) is 5.41 Å². The van der Waals surface area contributed by atoms with Gasteiger partial charge in [-0.3, -0.25) is 4.79 Å². The first kappa shape index (κ1) is 14.2. The van der Waals surface area contributed by atoms with Crippen molar-refractivity contribution in [3.05, 3.63) is 17.5 Å². The zero-order chi connectivity index (χ0) is 13.7. The summed E-state index contributed by atoms with van der Waals surface area (Å²) in [6.07, 6.45) is 4.99. The Kier molecular flexibility index (Phi) is 4.71. The van der Waals surface area contributed by atoms with Gasteiger partial charge in [-0.1, -0.05) is 24.9 Å². The molecule has 1 aromatic rings. The van der Waals surface area contributed by atoms with E-state index < -0.39 is 0 Å². The van der Waals surface area contributed by atoms with Gasteiger partial charge in [0.1, 0.15) is 17.3 Å². The lowest BCUT2D eigenvalue weighted by Crippen LogP contribution is -2.45. The second kappa shape index (κ2) is 6.30. The molecular weight excluding hydrogens is 264 g/mol. The van der Waals surface area contributed by atoms with Gasteiger partial charge in [0.2, 0.25) is 5.91 Å². The van der Waals surface area contributed by atoms with Crippen LogP contribution in [0.4, 0.5) is 5.82 Å². The smallest absolute Gasteiger partial charge is 0.231 e. The summed E-state index contributed by atoms with van der Waals surface area (Å²) >= 11 is 5.80. The van der Waals surface area contributed by atoms with Gasteiger partial charge in [0.05, 0.1) is 5.41 Å². The number of aromatic nitrogens is 2. The van der Waals surface area contributed by atoms with E-state index in [4.69, 9.17) is 11.6 Å². The average molecular weight is 283 g/mol. The number of piperidine rings is 1. The molecule has 6 heteroatoms. The summed E-state index contributed by atoms with van der Waals surface area (Å²) in [7, 11) is 0. The minimum Gasteiger partial charge on any atom is -0.317 e. The first-order valence-corrected chi connectivity index (χ1v) is 7.04. The van der Waals surface area contributed by atoms with Crippen LogP contribution in [0.3, 0.4) is 0 Å². The van der Waals surface area contributed by atoms with Gasteiger partial charge in [-0.2, -0.15) is 0 Å². The zero-order valence-electron chi connectivity index (χ0n) is 11.1. The highest BCUT2D eigenvalue weighted by molar-refractivity contribution is 6.29. The number of nitrogens with one attached hydrogen (secondary N) is 2. The Hall–Kier alpha value is -1.20. The fourth-order valence-corrected chi connectivity index (χ4v) is 2.77. The van der Waals surface area contributed by atoms with Gasteiger partial charge < -0.3 is 10.6 Å². The van der Waals surface area contributed by atoms with Crippen LogP contribution in [-0.4, -0.2) is 29.0 Å². The monoisotopic (exact) mass is 282 g/mol. The van der Waals surface area contributed by atoms with Crippen molar-refractivity contribution in [3.8, 4) is 0 Å². The molecule has 0 radical (unpaired) electrons. The first-order valence-electron chi connectivity index (χ1n) is 6.66. The second-order valence-electron chi connectivity index (χ2n) is 4.96. The summed E-state index contributed by atoms with van der Waals surface area (Å²) in [6.45, 7) is 3.88. The average Bonchev–Trinajstić information content (AvgIpc) is 2.40. The number of hydrogen-bond acceptors (Lipinski definition) is 4. The quantitative estimate of drug-likeness (QED) is 0.831. The van der Waals surface area contributed by atoms with E-state index in [0.717, 1.165) is 38.8 Å². The standard InChI is InChI=1S/C13H19ClN4O/c1-2-3-13(4-6-15-7-5-13)12(19)18-11-8-10(14)16-9-17-11/h8-9,15H,2-7H2,1H3,(H,16,17,18,19). The summed E-state index contributed by atoms with van der Waals surface area (Å²) in [5, 5.41) is 6.51. The van der Waals surface area contributed by atoms with Crippen molar-refractivity contribution in [3.63, 3.8) is 0 Å². The molecule has 1 amide bonds. The molecule has 2 N–H and O–H groups in total. The highest BCUT2D eigenvalue weighted by Gasteiger charge is 2.38. The van der Waals surface area contributed by atoms with E-state index in [1.807, 2.05) is 0 Å². The highest BCUT2D eigenvalue weighted by Crippen LogP contribution is 2.35. The summed E-state index contributed by atoms with van der Waals surface area (Å²) < 4.78 is 0. The van der Waals surface area contributed by atoms with Gasteiger partial charge in [-0.25, -0.2) is 9.97 Å². The summed E-state index contributed by atoms with van der Waals surface area (Å²) in [5.41, 5.74) is -0.280. The fraction of sp³-hybridized carbons (Fsp3) is 0.615. The van der Waals surface area contributed by atoms with Gasteiger partial charge in [-0.05, 0) is 32.4 Å². The molecule has 0 aromatic carbocycles. The lowest BCUT2D eigenvalue weighted by atomic mass is 9.74. The van der Waals surface area contributed by atoms with E-state index in [0.29, 0.717) is 11.0 Å². The molecule has 104 valence electrons. The van der Waals surface area contributed by atoms with Crippen molar-refractivity contribution in [2.75, 3.05) is 18.4 Å². The van der Waals surface area contributed by atoms with E-state index in [-0.39, 0.29) is 11.3 Å². The molecule has 0 saturated carbocycles. The topological polar surface area (TPSA) is 66.9 Å². The van der Waals surface area contributed by atoms with Crippen molar-refractivity contribution >= 4 is 23.3 Å². The van der Waals surface area contributed by atoms with Crippen molar-refractivity contribution in [1.82, 2.24) is 15.3 Å². The molecule has 19 heavy (non-hydrogen) atoms. The van der Waals surface area contributed by atoms with Crippen molar-refractivity contribution in [2.24, 2.45) is 5.41 Å². The maximum absolute atomic E-state index is 12.5. The largest absolute Gasteiger partial charge is 0.317 e. The maximum Gasteiger partial charge on any atom is 0.231 e. The molecule has 5 nitrogen and oxygen atoms in total. The Bertz CT molecular complexity index is 441. The molecule has 1 aliphatic rings. The van der Waals surface area contributed by atoms with E-state index in [1.165, 1.54) is 6.33 Å². The van der Waals surface area contributed by atoms with E-state index in [2.05, 4.69) is 27.5 Å². The molecule has 1 saturated heterocycles. The lowest BCUT2D eigenvalue weighted by molar-refractivity contribution is -0.127. The summed E-state index contributed by atoms with van der Waals surface area (Å²) in [5.74, 6) is 0.518. The minimum atomic E-state index is -0.280. The Labute approximate surface area is 118 Å². The van der Waals surface area contributed by atoms with Crippen molar-refractivity contribution < 1.29 is 4.79 Å². The van der Waals surface area contributed by atoms with Gasteiger partial charge in [0, 0.05) is 6.07 Å². The molecule has 0 unspecified atom stereocenters. The van der Waals surface area contributed by atoms with E-state index >= 15 is 0 Å². The molecule has 1 aliphatic heterocycles.